The van der Waals surface area contributed by atoms with Crippen LogP contribution in [0.25, 0.3) is 0 Å². The summed E-state index contributed by atoms with van der Waals surface area (Å²) in [5, 5.41) is 21.1. The van der Waals surface area contributed by atoms with Gasteiger partial charge in [0.05, 0.1) is 22.3 Å². The normalized spacial score (nSPS) is 12.7. The zero-order chi connectivity index (χ0) is 51.6. The summed E-state index contributed by atoms with van der Waals surface area (Å²) in [6, 6.07) is 26.3. The smallest absolute Gasteiger partial charge is 0.858 e. The van der Waals surface area contributed by atoms with Crippen LogP contribution >= 0.6 is 23.2 Å². The van der Waals surface area contributed by atoms with Crippen molar-refractivity contribution in [3.8, 4) is 0 Å². The van der Waals surface area contributed by atoms with E-state index in [1.165, 1.54) is 27.7 Å². The number of carbonyl (C=O) groups excluding carboxylic acids is 11. The molecule has 1 atom stereocenters. The Balaban J connectivity index is -0.000000812. The topological polar surface area (TPSA) is 274 Å². The van der Waals surface area contributed by atoms with Crippen molar-refractivity contribution in [2.24, 2.45) is 21.8 Å². The molecule has 4 aromatic carbocycles. The average Bonchev–Trinajstić information content (AvgIpc) is 3.92. The van der Waals surface area contributed by atoms with Crippen molar-refractivity contribution in [1.29, 1.82) is 0 Å². The summed E-state index contributed by atoms with van der Waals surface area (Å²) in [6.07, 6.45) is 0.0462. The van der Waals surface area contributed by atoms with E-state index in [4.69, 9.17) is 4.74 Å². The van der Waals surface area contributed by atoms with Crippen LogP contribution in [-0.4, -0.2) is 91.9 Å². The van der Waals surface area contributed by atoms with E-state index in [-0.39, 0.29) is 140 Å². The number of hydrogen-bond donors (Lipinski definition) is 0. The maximum Gasteiger partial charge on any atom is 1.00 e. The second-order valence-electron chi connectivity index (χ2n) is 14.6. The summed E-state index contributed by atoms with van der Waals surface area (Å²) in [7, 11) is 0. The van der Waals surface area contributed by atoms with Crippen molar-refractivity contribution in [1.82, 2.24) is 9.80 Å². The molecule has 0 saturated heterocycles. The van der Waals surface area contributed by atoms with Gasteiger partial charge in [0.1, 0.15) is 6.29 Å². The van der Waals surface area contributed by atoms with E-state index in [1.807, 2.05) is 13.8 Å². The van der Waals surface area contributed by atoms with Crippen LogP contribution in [0.3, 0.4) is 0 Å². The second-order valence-corrected chi connectivity index (χ2v) is 15.7. The average molecular weight is 1080 g/mol. The minimum Gasteiger partial charge on any atom is -0.858 e. The number of ether oxygens (including phenoxy) is 1. The van der Waals surface area contributed by atoms with Crippen molar-refractivity contribution in [2.45, 2.75) is 76.5 Å². The molecule has 1 unspecified atom stereocenters. The van der Waals surface area contributed by atoms with Crippen molar-refractivity contribution in [3.63, 3.8) is 0 Å². The van der Waals surface area contributed by atoms with Crippen LogP contribution in [0, 0.1) is 11.8 Å². The van der Waals surface area contributed by atoms with Crippen molar-refractivity contribution in [2.75, 3.05) is 0 Å². The number of halogens is 2. The first-order valence-electron chi connectivity index (χ1n) is 20.1. The molecule has 0 aliphatic carbocycles. The first kappa shape index (κ1) is 71.7. The largest absolute Gasteiger partial charge is 1.00 e. The Morgan fingerprint density at radius 1 is 0.528 bits per heavy atom. The zero-order valence-electron chi connectivity index (χ0n) is 39.8. The quantitative estimate of drug-likeness (QED) is 0.0870. The molecule has 0 N–H and O–H groups in total. The molecular weight excluding hydrogens is 1030 g/mol. The Morgan fingerprint density at radius 3 is 1.00 bits per heavy atom. The summed E-state index contributed by atoms with van der Waals surface area (Å²) in [5.41, 5.74) is 2.96. The second kappa shape index (κ2) is 34.8. The van der Waals surface area contributed by atoms with E-state index in [0.29, 0.717) is 49.4 Å². The van der Waals surface area contributed by atoms with Gasteiger partial charge in [-0.05, 0) is 82.5 Å². The summed E-state index contributed by atoms with van der Waals surface area (Å²) >= 11 is 9.27. The molecule has 0 spiro atoms. The maximum atomic E-state index is 12.2. The molecule has 7 amide bonds. The molecule has 0 fully saturated rings. The third kappa shape index (κ3) is 21.1. The Labute approximate surface area is 512 Å². The van der Waals surface area contributed by atoms with Crippen LogP contribution in [0.5, 0.6) is 0 Å². The molecule has 4 heterocycles. The first-order chi connectivity index (χ1) is 31.9. The number of hydrogen-bond acceptors (Lipinski definition) is 14. The molecule has 0 radical (unpaired) electrons. The van der Waals surface area contributed by atoms with Crippen LogP contribution in [0.1, 0.15) is 144 Å². The summed E-state index contributed by atoms with van der Waals surface area (Å²) < 4.78 is 5.11. The van der Waals surface area contributed by atoms with E-state index in [2.05, 4.69) is 33.2 Å². The number of amides is 7. The van der Waals surface area contributed by atoms with Gasteiger partial charge < -0.3 is 19.7 Å². The van der Waals surface area contributed by atoms with E-state index < -0.39 is 65.3 Å². The number of nitrogens with zero attached hydrogens (tertiary/aromatic N) is 4. The molecule has 8 rings (SSSR count). The monoisotopic (exact) mass is 1080 g/mol. The SMILES string of the molecule is C.C.CC(=O)Cl.CC(=O)Cl.CC(=O)N1C(=O)c2ccccc2C1=O.CC(=O)OC(C(C)C)N1C(=O)c2ccccc2C1=O.CC(C)C=O.O=C1N=C([O-])c2ccccc21.O=C1N=C([O-])c2ccccc21.[K+].[K+]. The van der Waals surface area contributed by atoms with Gasteiger partial charge in [-0.2, -0.15) is 0 Å². The van der Waals surface area contributed by atoms with Gasteiger partial charge in [0, 0.05) is 50.7 Å². The van der Waals surface area contributed by atoms with Gasteiger partial charge in [0.2, 0.25) is 16.4 Å². The summed E-state index contributed by atoms with van der Waals surface area (Å²) in [4.78, 5) is 128. The Bertz CT molecular complexity index is 2550. The number of rotatable bonds is 4. The predicted molar refractivity (Wildman–Crippen MR) is 257 cm³/mol. The number of aliphatic imine (C=N–C) groups is 2. The number of benzene rings is 4. The minimum atomic E-state index is -0.870. The number of esters is 1. The van der Waals surface area contributed by atoms with E-state index >= 15 is 0 Å². The van der Waals surface area contributed by atoms with Crippen LogP contribution in [0.4, 0.5) is 0 Å². The van der Waals surface area contributed by atoms with Crippen LogP contribution in [0.15, 0.2) is 107 Å². The van der Waals surface area contributed by atoms with Crippen LogP contribution in [0.2, 0.25) is 0 Å². The molecule has 22 heteroatoms. The van der Waals surface area contributed by atoms with Gasteiger partial charge in [-0.15, -0.1) is 0 Å². The Hall–Kier alpha value is -4.56. The number of fused-ring (bicyclic) bond motifs is 4. The van der Waals surface area contributed by atoms with Gasteiger partial charge in [-0.1, -0.05) is 103 Å². The molecule has 4 aliphatic rings. The van der Waals surface area contributed by atoms with Gasteiger partial charge in [-0.25, -0.2) is 19.8 Å². The molecule has 4 aromatic rings. The molecule has 372 valence electrons. The van der Waals surface area contributed by atoms with Gasteiger partial charge in [-0.3, -0.25) is 47.9 Å². The third-order valence-electron chi connectivity index (χ3n) is 8.50. The van der Waals surface area contributed by atoms with Crippen molar-refractivity contribution in [3.05, 3.63) is 142 Å². The number of aldehydes is 1. The fourth-order valence-corrected chi connectivity index (χ4v) is 5.71. The number of imide groups is 4. The van der Waals surface area contributed by atoms with E-state index in [1.54, 1.807) is 111 Å². The van der Waals surface area contributed by atoms with Crippen molar-refractivity contribution >= 4 is 99.1 Å². The molecule has 72 heavy (non-hydrogen) atoms. The summed E-state index contributed by atoms with van der Waals surface area (Å²) in [5.74, 6) is -4.63. The van der Waals surface area contributed by atoms with E-state index in [9.17, 15) is 63.0 Å². The fraction of sp³-hybridized carbons (Fsp3) is 0.260. The molecular formula is C50H52Cl2K2N4O14. The summed E-state index contributed by atoms with van der Waals surface area (Å²) in [6.45, 7) is 12.3. The van der Waals surface area contributed by atoms with Crippen LogP contribution in [-0.2, 0) is 28.7 Å². The molecule has 0 bridgehead atoms. The van der Waals surface area contributed by atoms with Crippen LogP contribution < -0.4 is 113 Å². The number of carbonyl (C=O) groups is 11. The Morgan fingerprint density at radius 2 is 0.778 bits per heavy atom. The third-order valence-corrected chi connectivity index (χ3v) is 8.50. The van der Waals surface area contributed by atoms with E-state index in [0.717, 1.165) is 11.2 Å². The fourth-order valence-electron chi connectivity index (χ4n) is 5.71. The molecule has 18 nitrogen and oxygen atoms in total. The zero-order valence-corrected chi connectivity index (χ0v) is 47.6. The Kier molecular flexibility index (Phi) is 34.6. The standard InChI is InChI=1S/C14H15NO4.C10H7NO3.2C8H5NO2.C4H8O.2C2H3ClO.2CH4.2K/c1-8(2)14(19-9(3)16)15-12(17)10-6-4-5-7-11(10)13(15)18;1-6(12)11-9(13)7-4-2-3-5-8(7)10(11)14;2*10-7-5-3-1-2-4-6(5)8(11)9-7;1-4(2)3-5;2*1-2(3)4;;;;/h4-8,14H,1-3H3;2-5H,1H3;2*1-4H,(H,9,10,11);3-4H,1-2H3;2*1H3;2*1H4;;/q;;;;;;;;;2*+1/p-2. The molecule has 0 saturated carbocycles. The van der Waals surface area contributed by atoms with Crippen molar-refractivity contribution < 1.29 is 170 Å². The predicted octanol–water partition coefficient (Wildman–Crippen LogP) is 0.216. The first-order valence-corrected chi connectivity index (χ1v) is 20.8. The molecule has 4 aliphatic heterocycles. The molecule has 0 aromatic heterocycles. The van der Waals surface area contributed by atoms with Gasteiger partial charge in [0.15, 0.2) is 6.23 Å². The maximum absolute atomic E-state index is 12.2. The van der Waals surface area contributed by atoms with Gasteiger partial charge in [0.25, 0.3) is 35.4 Å². The van der Waals surface area contributed by atoms with Gasteiger partial charge >= 0.3 is 109 Å². The minimum absolute atomic E-state index is 0.